The summed E-state index contributed by atoms with van der Waals surface area (Å²) in [7, 11) is 4.75. The van der Waals surface area contributed by atoms with E-state index in [9.17, 15) is 4.79 Å². The van der Waals surface area contributed by atoms with Crippen LogP contribution in [0, 0.1) is 0 Å². The Labute approximate surface area is 113 Å². The normalized spacial score (nSPS) is 17.2. The molecule has 0 spiro atoms. The predicted molar refractivity (Wildman–Crippen MR) is 72.1 cm³/mol. The minimum absolute atomic E-state index is 0.00648. The molecule has 104 valence electrons. The van der Waals surface area contributed by atoms with E-state index in [0.717, 1.165) is 25.7 Å². The number of ether oxygens (including phenoxy) is 3. The second kappa shape index (κ2) is 5.61. The van der Waals surface area contributed by atoms with Gasteiger partial charge in [-0.05, 0) is 37.8 Å². The zero-order chi connectivity index (χ0) is 13.9. The minimum atomic E-state index is -0.679. The summed E-state index contributed by atoms with van der Waals surface area (Å²) in [5.41, 5.74) is -0.117. The van der Waals surface area contributed by atoms with Gasteiger partial charge in [0.15, 0.2) is 5.78 Å². The molecule has 0 aliphatic heterocycles. The van der Waals surface area contributed by atoms with Crippen molar-refractivity contribution in [2.75, 3.05) is 21.3 Å². The molecule has 4 heteroatoms. The molecule has 1 aromatic carbocycles. The lowest BCUT2D eigenvalue weighted by atomic mass is 9.90. The molecule has 1 aliphatic carbocycles. The Morgan fingerprint density at radius 2 is 1.79 bits per heavy atom. The molecule has 0 atom stereocenters. The molecule has 1 aromatic rings. The second-order valence-corrected chi connectivity index (χ2v) is 4.80. The van der Waals surface area contributed by atoms with Crippen LogP contribution in [-0.4, -0.2) is 32.7 Å². The van der Waals surface area contributed by atoms with Crippen LogP contribution in [0.15, 0.2) is 18.2 Å². The van der Waals surface area contributed by atoms with Gasteiger partial charge in [0, 0.05) is 13.2 Å². The number of hydrogen-bond donors (Lipinski definition) is 0. The van der Waals surface area contributed by atoms with E-state index in [0.29, 0.717) is 17.1 Å². The van der Waals surface area contributed by atoms with Crippen molar-refractivity contribution < 1.29 is 19.0 Å². The maximum atomic E-state index is 12.7. The quantitative estimate of drug-likeness (QED) is 0.767. The summed E-state index contributed by atoms with van der Waals surface area (Å²) in [6, 6.07) is 5.25. The summed E-state index contributed by atoms with van der Waals surface area (Å²) >= 11 is 0. The molecule has 0 unspecified atom stereocenters. The number of carbonyl (C=O) groups is 1. The van der Waals surface area contributed by atoms with E-state index in [1.54, 1.807) is 39.5 Å². The highest BCUT2D eigenvalue weighted by Gasteiger charge is 2.42. The van der Waals surface area contributed by atoms with Gasteiger partial charge < -0.3 is 14.2 Å². The highest BCUT2D eigenvalue weighted by molar-refractivity contribution is 6.05. The highest BCUT2D eigenvalue weighted by atomic mass is 16.5. The van der Waals surface area contributed by atoms with E-state index in [1.165, 1.54) is 0 Å². The van der Waals surface area contributed by atoms with Gasteiger partial charge in [0.2, 0.25) is 0 Å². The summed E-state index contributed by atoms with van der Waals surface area (Å²) in [5.74, 6) is 1.21. The summed E-state index contributed by atoms with van der Waals surface area (Å²) < 4.78 is 16.0. The molecule has 0 radical (unpaired) electrons. The maximum Gasteiger partial charge on any atom is 0.198 e. The number of ketones is 1. The lowest BCUT2D eigenvalue weighted by Crippen LogP contribution is -2.37. The molecule has 1 saturated carbocycles. The van der Waals surface area contributed by atoms with Gasteiger partial charge in [0.05, 0.1) is 19.8 Å². The summed E-state index contributed by atoms with van der Waals surface area (Å²) in [6.45, 7) is 0. The van der Waals surface area contributed by atoms with Gasteiger partial charge in [-0.2, -0.15) is 0 Å². The van der Waals surface area contributed by atoms with E-state index in [-0.39, 0.29) is 5.78 Å². The highest BCUT2D eigenvalue weighted by Crippen LogP contribution is 2.38. The van der Waals surface area contributed by atoms with Gasteiger partial charge >= 0.3 is 0 Å². The fourth-order valence-corrected chi connectivity index (χ4v) is 2.70. The maximum absolute atomic E-state index is 12.7. The minimum Gasteiger partial charge on any atom is -0.497 e. The zero-order valence-corrected chi connectivity index (χ0v) is 11.7. The Kier molecular flexibility index (Phi) is 4.10. The molecule has 0 aromatic heterocycles. The van der Waals surface area contributed by atoms with Gasteiger partial charge in [0.1, 0.15) is 17.1 Å². The second-order valence-electron chi connectivity index (χ2n) is 4.80. The van der Waals surface area contributed by atoms with E-state index in [1.807, 2.05) is 0 Å². The Bertz CT molecular complexity index is 461. The topological polar surface area (TPSA) is 44.8 Å². The van der Waals surface area contributed by atoms with Crippen molar-refractivity contribution in [3.63, 3.8) is 0 Å². The molecule has 1 aliphatic rings. The Hall–Kier alpha value is -1.55. The first-order chi connectivity index (χ1) is 9.16. The van der Waals surface area contributed by atoms with Gasteiger partial charge in [-0.15, -0.1) is 0 Å². The molecule has 0 heterocycles. The fraction of sp³-hybridized carbons (Fsp3) is 0.533. The molecular weight excluding hydrogens is 244 g/mol. The third-order valence-corrected chi connectivity index (χ3v) is 3.87. The number of Topliss-reactive ketones (excluding diaryl/α,β-unsaturated/α-hetero) is 1. The van der Waals surface area contributed by atoms with Crippen LogP contribution in [-0.2, 0) is 4.74 Å². The zero-order valence-electron chi connectivity index (χ0n) is 11.7. The average Bonchev–Trinajstić information content (AvgIpc) is 2.95. The van der Waals surface area contributed by atoms with E-state index >= 15 is 0 Å². The summed E-state index contributed by atoms with van der Waals surface area (Å²) in [6.07, 6.45) is 3.60. The number of hydrogen-bond acceptors (Lipinski definition) is 4. The van der Waals surface area contributed by atoms with Crippen LogP contribution in [0.1, 0.15) is 36.0 Å². The molecule has 0 amide bonds. The van der Waals surface area contributed by atoms with Crippen molar-refractivity contribution in [1.29, 1.82) is 0 Å². The first kappa shape index (κ1) is 13.9. The lowest BCUT2D eigenvalue weighted by Gasteiger charge is -2.26. The standard InChI is InChI=1S/C15H20O4/c1-17-11-6-7-12(13(10-11)18-2)14(16)15(19-3)8-4-5-9-15/h6-7,10H,4-5,8-9H2,1-3H3. The lowest BCUT2D eigenvalue weighted by molar-refractivity contribution is 0.00581. The SMILES string of the molecule is COc1ccc(C(=O)C2(OC)CCCC2)c(OC)c1. The third-order valence-electron chi connectivity index (χ3n) is 3.87. The van der Waals surface area contributed by atoms with Crippen molar-refractivity contribution >= 4 is 5.78 Å². The molecule has 19 heavy (non-hydrogen) atoms. The molecule has 0 N–H and O–H groups in total. The summed E-state index contributed by atoms with van der Waals surface area (Å²) in [5, 5.41) is 0. The molecular formula is C15H20O4. The van der Waals surface area contributed by atoms with Gasteiger partial charge in [-0.3, -0.25) is 4.79 Å². The first-order valence-electron chi connectivity index (χ1n) is 6.49. The monoisotopic (exact) mass is 264 g/mol. The van der Waals surface area contributed by atoms with Crippen molar-refractivity contribution in [1.82, 2.24) is 0 Å². The molecule has 1 fully saturated rings. The van der Waals surface area contributed by atoms with Crippen LogP contribution in [0.2, 0.25) is 0 Å². The third kappa shape index (κ3) is 2.45. The number of rotatable bonds is 5. The van der Waals surface area contributed by atoms with Crippen molar-refractivity contribution in [3.8, 4) is 11.5 Å². The Morgan fingerprint density at radius 1 is 1.11 bits per heavy atom. The Balaban J connectivity index is 2.37. The number of benzene rings is 1. The molecule has 2 rings (SSSR count). The molecule has 0 bridgehead atoms. The van der Waals surface area contributed by atoms with Gasteiger partial charge in [-0.25, -0.2) is 0 Å². The number of methoxy groups -OCH3 is 3. The van der Waals surface area contributed by atoms with Gasteiger partial charge in [-0.1, -0.05) is 0 Å². The smallest absolute Gasteiger partial charge is 0.198 e. The van der Waals surface area contributed by atoms with Crippen LogP contribution < -0.4 is 9.47 Å². The summed E-state index contributed by atoms with van der Waals surface area (Å²) in [4.78, 5) is 12.7. The van der Waals surface area contributed by atoms with E-state index in [2.05, 4.69) is 0 Å². The van der Waals surface area contributed by atoms with E-state index < -0.39 is 5.60 Å². The van der Waals surface area contributed by atoms with Crippen LogP contribution in [0.25, 0.3) is 0 Å². The van der Waals surface area contributed by atoms with Crippen molar-refractivity contribution in [2.24, 2.45) is 0 Å². The fourth-order valence-electron chi connectivity index (χ4n) is 2.70. The van der Waals surface area contributed by atoms with Gasteiger partial charge in [0.25, 0.3) is 0 Å². The predicted octanol–water partition coefficient (Wildman–Crippen LogP) is 2.85. The van der Waals surface area contributed by atoms with Crippen LogP contribution >= 0.6 is 0 Å². The first-order valence-corrected chi connectivity index (χ1v) is 6.49. The average molecular weight is 264 g/mol. The van der Waals surface area contributed by atoms with E-state index in [4.69, 9.17) is 14.2 Å². The Morgan fingerprint density at radius 3 is 2.32 bits per heavy atom. The number of carbonyl (C=O) groups excluding carboxylic acids is 1. The van der Waals surface area contributed by atoms with Crippen LogP contribution in [0.5, 0.6) is 11.5 Å². The molecule has 0 saturated heterocycles. The van der Waals surface area contributed by atoms with Crippen LogP contribution in [0.3, 0.4) is 0 Å². The van der Waals surface area contributed by atoms with Crippen molar-refractivity contribution in [2.45, 2.75) is 31.3 Å². The molecule has 4 nitrogen and oxygen atoms in total. The van der Waals surface area contributed by atoms with Crippen LogP contribution in [0.4, 0.5) is 0 Å². The van der Waals surface area contributed by atoms with Crippen molar-refractivity contribution in [3.05, 3.63) is 23.8 Å². The largest absolute Gasteiger partial charge is 0.497 e.